The van der Waals surface area contributed by atoms with Gasteiger partial charge in [0.05, 0.1) is 31.6 Å². The first kappa shape index (κ1) is 12.7. The number of aromatic nitrogens is 2. The van der Waals surface area contributed by atoms with Crippen LogP contribution in [0.1, 0.15) is 6.92 Å². The quantitative estimate of drug-likeness (QED) is 0.691. The second-order valence-corrected chi connectivity index (χ2v) is 3.31. The minimum Gasteiger partial charge on any atom is -0.383 e. The van der Waals surface area contributed by atoms with Gasteiger partial charge in [-0.15, -0.1) is 0 Å². The first-order valence-corrected chi connectivity index (χ1v) is 5.28. The van der Waals surface area contributed by atoms with Crippen molar-refractivity contribution in [3.8, 4) is 0 Å². The molecule has 2 N–H and O–H groups in total. The Hall–Kier alpha value is -1.40. The maximum absolute atomic E-state index is 11.4. The Kier molecular flexibility index (Phi) is 5.52. The maximum atomic E-state index is 11.4. The number of hydrogen-bond donors (Lipinski definition) is 2. The molecule has 1 rings (SSSR count). The van der Waals surface area contributed by atoms with Crippen LogP contribution in [0, 0.1) is 0 Å². The van der Waals surface area contributed by atoms with Crippen molar-refractivity contribution in [3.05, 3.63) is 12.4 Å². The number of likely N-dealkylation sites (N-methyl/N-ethyl adjacent to an activating group) is 1. The molecule has 0 fully saturated rings. The number of hydrogen-bond acceptors (Lipinski definition) is 4. The molecule has 1 amide bonds. The third-order valence-electron chi connectivity index (χ3n) is 1.98. The number of rotatable bonds is 7. The molecule has 0 aliphatic rings. The molecule has 0 saturated heterocycles. The van der Waals surface area contributed by atoms with Crippen molar-refractivity contribution >= 4 is 11.6 Å². The number of carbonyl (C=O) groups excluding carboxylic acids is 1. The molecule has 90 valence electrons. The molecule has 6 nitrogen and oxygen atoms in total. The fraction of sp³-hybridized carbons (Fsp3) is 0.600. The van der Waals surface area contributed by atoms with E-state index < -0.39 is 0 Å². The minimum absolute atomic E-state index is 0.0619. The van der Waals surface area contributed by atoms with E-state index in [2.05, 4.69) is 15.7 Å². The first-order chi connectivity index (χ1) is 7.76. The number of methoxy groups -OCH3 is 1. The van der Waals surface area contributed by atoms with Crippen LogP contribution in [-0.2, 0) is 16.1 Å². The van der Waals surface area contributed by atoms with E-state index in [0.29, 0.717) is 25.4 Å². The van der Waals surface area contributed by atoms with Gasteiger partial charge in [-0.1, -0.05) is 6.92 Å². The molecule has 6 heteroatoms. The summed E-state index contributed by atoms with van der Waals surface area (Å²) in [6.07, 6.45) is 3.41. The van der Waals surface area contributed by atoms with Crippen molar-refractivity contribution in [1.82, 2.24) is 15.1 Å². The number of carbonyl (C=O) groups is 1. The van der Waals surface area contributed by atoms with Gasteiger partial charge in [-0.2, -0.15) is 5.10 Å². The van der Waals surface area contributed by atoms with Crippen molar-refractivity contribution < 1.29 is 9.53 Å². The summed E-state index contributed by atoms with van der Waals surface area (Å²) in [6.45, 7) is 4.34. The van der Waals surface area contributed by atoms with E-state index in [4.69, 9.17) is 4.74 Å². The molecule has 0 spiro atoms. The summed E-state index contributed by atoms with van der Waals surface area (Å²) in [5.74, 6) is -0.0619. The van der Waals surface area contributed by atoms with Crippen LogP contribution in [0.25, 0.3) is 0 Å². The van der Waals surface area contributed by atoms with Crippen LogP contribution in [0.15, 0.2) is 12.4 Å². The highest BCUT2D eigenvalue weighted by atomic mass is 16.5. The van der Waals surface area contributed by atoms with Crippen LogP contribution < -0.4 is 10.6 Å². The van der Waals surface area contributed by atoms with Crippen LogP contribution in [0.2, 0.25) is 0 Å². The molecular formula is C10H18N4O2. The number of amides is 1. The molecular weight excluding hydrogens is 208 g/mol. The molecule has 0 radical (unpaired) electrons. The molecule has 0 aromatic carbocycles. The minimum atomic E-state index is -0.0619. The molecule has 16 heavy (non-hydrogen) atoms. The van der Waals surface area contributed by atoms with E-state index >= 15 is 0 Å². The van der Waals surface area contributed by atoms with Crippen LogP contribution >= 0.6 is 0 Å². The van der Waals surface area contributed by atoms with Gasteiger partial charge >= 0.3 is 0 Å². The van der Waals surface area contributed by atoms with Crippen LogP contribution in [0.5, 0.6) is 0 Å². The zero-order chi connectivity index (χ0) is 11.8. The Labute approximate surface area is 95.0 Å². The number of anilines is 1. The topological polar surface area (TPSA) is 68.2 Å². The molecule has 0 aliphatic heterocycles. The lowest BCUT2D eigenvalue weighted by Gasteiger charge is -2.02. The van der Waals surface area contributed by atoms with Crippen molar-refractivity contribution in [1.29, 1.82) is 0 Å². The van der Waals surface area contributed by atoms with Gasteiger partial charge in [-0.05, 0) is 6.54 Å². The average Bonchev–Trinajstić information content (AvgIpc) is 2.71. The monoisotopic (exact) mass is 226 g/mol. The van der Waals surface area contributed by atoms with Crippen LogP contribution in [0.4, 0.5) is 5.69 Å². The zero-order valence-electron chi connectivity index (χ0n) is 9.69. The van der Waals surface area contributed by atoms with Gasteiger partial charge in [0.2, 0.25) is 5.91 Å². The number of ether oxygens (including phenoxy) is 1. The van der Waals surface area contributed by atoms with Crippen LogP contribution in [-0.4, -0.2) is 42.5 Å². The Morgan fingerprint density at radius 3 is 3.12 bits per heavy atom. The molecule has 0 bridgehead atoms. The second kappa shape index (κ2) is 6.97. The Bertz CT molecular complexity index is 324. The van der Waals surface area contributed by atoms with E-state index in [1.165, 1.54) is 0 Å². The first-order valence-electron chi connectivity index (χ1n) is 5.28. The third kappa shape index (κ3) is 4.41. The van der Waals surface area contributed by atoms with E-state index in [1.807, 2.05) is 6.92 Å². The molecule has 0 atom stereocenters. The van der Waals surface area contributed by atoms with Crippen molar-refractivity contribution in [2.24, 2.45) is 0 Å². The van der Waals surface area contributed by atoms with Gasteiger partial charge in [0.15, 0.2) is 0 Å². The lowest BCUT2D eigenvalue weighted by atomic mass is 10.5. The fourth-order valence-electron chi connectivity index (χ4n) is 1.18. The summed E-state index contributed by atoms with van der Waals surface area (Å²) in [5, 5.41) is 9.79. The highest BCUT2D eigenvalue weighted by molar-refractivity contribution is 5.91. The standard InChI is InChI=1S/C10H18N4O2/c1-3-11-7-10(15)13-9-6-12-14(8-9)4-5-16-2/h6,8,11H,3-5,7H2,1-2H3,(H,13,15). The lowest BCUT2D eigenvalue weighted by molar-refractivity contribution is -0.115. The van der Waals surface area contributed by atoms with E-state index in [-0.39, 0.29) is 5.91 Å². The van der Waals surface area contributed by atoms with E-state index in [0.717, 1.165) is 6.54 Å². The summed E-state index contributed by atoms with van der Waals surface area (Å²) < 4.78 is 6.66. The van der Waals surface area contributed by atoms with Crippen molar-refractivity contribution in [2.45, 2.75) is 13.5 Å². The van der Waals surface area contributed by atoms with Gasteiger partial charge in [-0.25, -0.2) is 0 Å². The highest BCUT2D eigenvalue weighted by Crippen LogP contribution is 2.03. The average molecular weight is 226 g/mol. The van der Waals surface area contributed by atoms with Gasteiger partial charge < -0.3 is 15.4 Å². The lowest BCUT2D eigenvalue weighted by Crippen LogP contribution is -2.27. The van der Waals surface area contributed by atoms with Gasteiger partial charge in [0.1, 0.15) is 0 Å². The summed E-state index contributed by atoms with van der Waals surface area (Å²) in [6, 6.07) is 0. The normalized spacial score (nSPS) is 10.4. The smallest absolute Gasteiger partial charge is 0.238 e. The molecule has 1 aromatic rings. The van der Waals surface area contributed by atoms with Gasteiger partial charge in [0, 0.05) is 13.3 Å². The molecule has 1 aromatic heterocycles. The molecule has 0 saturated carbocycles. The second-order valence-electron chi connectivity index (χ2n) is 3.31. The molecule has 1 heterocycles. The van der Waals surface area contributed by atoms with E-state index in [1.54, 1.807) is 24.2 Å². The van der Waals surface area contributed by atoms with Crippen LogP contribution in [0.3, 0.4) is 0 Å². The summed E-state index contributed by atoms with van der Waals surface area (Å²) >= 11 is 0. The Morgan fingerprint density at radius 2 is 2.44 bits per heavy atom. The Morgan fingerprint density at radius 1 is 1.62 bits per heavy atom. The number of nitrogens with one attached hydrogen (secondary N) is 2. The summed E-state index contributed by atoms with van der Waals surface area (Å²) in [5.41, 5.74) is 0.707. The Balaban J connectivity index is 2.36. The largest absolute Gasteiger partial charge is 0.383 e. The summed E-state index contributed by atoms with van der Waals surface area (Å²) in [4.78, 5) is 11.4. The van der Waals surface area contributed by atoms with Crippen molar-refractivity contribution in [2.75, 3.05) is 32.1 Å². The molecule has 0 unspecified atom stereocenters. The van der Waals surface area contributed by atoms with Gasteiger partial charge in [-0.3, -0.25) is 9.48 Å². The fourth-order valence-corrected chi connectivity index (χ4v) is 1.18. The molecule has 0 aliphatic carbocycles. The maximum Gasteiger partial charge on any atom is 0.238 e. The predicted octanol–water partition coefficient (Wildman–Crippen LogP) is 0.0775. The zero-order valence-corrected chi connectivity index (χ0v) is 9.69. The van der Waals surface area contributed by atoms with E-state index in [9.17, 15) is 4.79 Å². The third-order valence-corrected chi connectivity index (χ3v) is 1.98. The van der Waals surface area contributed by atoms with Gasteiger partial charge in [0.25, 0.3) is 0 Å². The highest BCUT2D eigenvalue weighted by Gasteiger charge is 2.03. The van der Waals surface area contributed by atoms with Crippen molar-refractivity contribution in [3.63, 3.8) is 0 Å². The summed E-state index contributed by atoms with van der Waals surface area (Å²) in [7, 11) is 1.64. The SMILES string of the molecule is CCNCC(=O)Nc1cnn(CCOC)c1. The number of nitrogens with zero attached hydrogens (tertiary/aromatic N) is 2. The predicted molar refractivity (Wildman–Crippen MR) is 61.3 cm³/mol.